The Kier molecular flexibility index (Phi) is 5.87. The van der Waals surface area contributed by atoms with Crippen LogP contribution in [0.3, 0.4) is 0 Å². The van der Waals surface area contributed by atoms with Crippen LogP contribution in [-0.4, -0.2) is 40.4 Å². The van der Waals surface area contributed by atoms with Gasteiger partial charge in [0.2, 0.25) is 0 Å². The van der Waals surface area contributed by atoms with Crippen molar-refractivity contribution in [3.8, 4) is 0 Å². The molecule has 1 aliphatic rings. The molecule has 1 atom stereocenters. The summed E-state index contributed by atoms with van der Waals surface area (Å²) < 4.78 is 1.94. The molecule has 1 unspecified atom stereocenters. The summed E-state index contributed by atoms with van der Waals surface area (Å²) in [5, 5.41) is 8.98. The average Bonchev–Trinajstić information content (AvgIpc) is 2.74. The number of rotatable bonds is 6. The molecule has 0 bridgehead atoms. The third-order valence-corrected chi connectivity index (χ3v) is 4.65. The summed E-state index contributed by atoms with van der Waals surface area (Å²) in [5.74, 6) is 0. The van der Waals surface area contributed by atoms with Crippen LogP contribution in [0.15, 0.2) is 0 Å². The molecule has 0 saturated carbocycles. The van der Waals surface area contributed by atoms with Gasteiger partial charge in [0.05, 0.1) is 16.4 Å². The molecule has 20 heavy (non-hydrogen) atoms. The van der Waals surface area contributed by atoms with Gasteiger partial charge < -0.3 is 5.32 Å². The van der Waals surface area contributed by atoms with E-state index in [0.29, 0.717) is 6.04 Å². The van der Waals surface area contributed by atoms with Gasteiger partial charge in [-0.15, -0.1) is 0 Å². The van der Waals surface area contributed by atoms with Crippen molar-refractivity contribution in [2.45, 2.75) is 52.1 Å². The summed E-state index contributed by atoms with van der Waals surface area (Å²) in [6, 6.07) is 0.626. The van der Waals surface area contributed by atoms with E-state index in [1.54, 1.807) is 0 Å². The van der Waals surface area contributed by atoms with Crippen molar-refractivity contribution >= 4 is 11.6 Å². The first-order valence-electron chi connectivity index (χ1n) is 7.81. The third-order valence-electron chi connectivity index (χ3n) is 4.21. The van der Waals surface area contributed by atoms with E-state index in [4.69, 9.17) is 11.6 Å². The maximum absolute atomic E-state index is 6.45. The molecule has 5 heteroatoms. The van der Waals surface area contributed by atoms with Crippen molar-refractivity contribution in [1.82, 2.24) is 20.0 Å². The van der Waals surface area contributed by atoms with E-state index in [2.05, 4.69) is 29.2 Å². The van der Waals surface area contributed by atoms with E-state index in [1.807, 2.05) is 11.7 Å². The van der Waals surface area contributed by atoms with Crippen LogP contribution in [0.1, 0.15) is 44.5 Å². The number of aromatic nitrogens is 2. The lowest BCUT2D eigenvalue weighted by molar-refractivity contribution is 0.222. The molecule has 0 aromatic carbocycles. The van der Waals surface area contributed by atoms with E-state index in [9.17, 15) is 0 Å². The molecule has 1 N–H and O–H groups in total. The van der Waals surface area contributed by atoms with E-state index in [0.717, 1.165) is 49.0 Å². The van der Waals surface area contributed by atoms with Crippen molar-refractivity contribution < 1.29 is 0 Å². The lowest BCUT2D eigenvalue weighted by Gasteiger charge is -2.29. The lowest BCUT2D eigenvalue weighted by Crippen LogP contribution is -2.43. The third kappa shape index (κ3) is 3.74. The number of nitrogens with zero attached hydrogens (tertiary/aromatic N) is 3. The molecule has 1 aromatic rings. The number of nitrogens with one attached hydrogen (secondary N) is 1. The van der Waals surface area contributed by atoms with Crippen LogP contribution >= 0.6 is 11.6 Å². The molecule has 2 rings (SSSR count). The zero-order valence-electron chi connectivity index (χ0n) is 13.0. The van der Waals surface area contributed by atoms with Crippen LogP contribution < -0.4 is 5.32 Å². The zero-order chi connectivity index (χ0) is 14.5. The molecular formula is C15H27ClN4. The molecular weight excluding hydrogens is 272 g/mol. The standard InChI is InChI=1S/C15H27ClN4/c1-4-13-15(16)14(19(3)18-13)11-20(5-2)10-12-8-6-7-9-17-12/h12,17H,4-11H2,1-3H3. The number of likely N-dealkylation sites (N-methyl/N-ethyl adjacent to an activating group) is 1. The Bertz CT molecular complexity index is 424. The summed E-state index contributed by atoms with van der Waals surface area (Å²) in [6.07, 6.45) is 4.84. The largest absolute Gasteiger partial charge is 0.313 e. The van der Waals surface area contributed by atoms with Gasteiger partial charge >= 0.3 is 0 Å². The fourth-order valence-electron chi connectivity index (χ4n) is 2.90. The molecule has 1 aliphatic heterocycles. The second-order valence-corrected chi connectivity index (χ2v) is 6.04. The van der Waals surface area contributed by atoms with Crippen LogP contribution in [0.4, 0.5) is 0 Å². The Hall–Kier alpha value is -0.580. The number of halogens is 1. The van der Waals surface area contributed by atoms with Gasteiger partial charge in [-0.3, -0.25) is 9.58 Å². The summed E-state index contributed by atoms with van der Waals surface area (Å²) >= 11 is 6.45. The van der Waals surface area contributed by atoms with Gasteiger partial charge in [0.25, 0.3) is 0 Å². The first-order valence-corrected chi connectivity index (χ1v) is 8.19. The maximum atomic E-state index is 6.45. The van der Waals surface area contributed by atoms with Gasteiger partial charge in [0, 0.05) is 26.2 Å². The van der Waals surface area contributed by atoms with Gasteiger partial charge in [-0.1, -0.05) is 31.9 Å². The van der Waals surface area contributed by atoms with Crippen LogP contribution in [0.25, 0.3) is 0 Å². The molecule has 0 spiro atoms. The molecule has 2 heterocycles. The fraction of sp³-hybridized carbons (Fsp3) is 0.800. The van der Waals surface area contributed by atoms with Crippen molar-refractivity contribution in [1.29, 1.82) is 0 Å². The molecule has 1 fully saturated rings. The van der Waals surface area contributed by atoms with Gasteiger partial charge in [0.1, 0.15) is 0 Å². The highest BCUT2D eigenvalue weighted by Crippen LogP contribution is 2.22. The number of hydrogen-bond acceptors (Lipinski definition) is 3. The highest BCUT2D eigenvalue weighted by Gasteiger charge is 2.19. The second kappa shape index (κ2) is 7.43. The van der Waals surface area contributed by atoms with Crippen molar-refractivity contribution in [2.24, 2.45) is 7.05 Å². The maximum Gasteiger partial charge on any atom is 0.0863 e. The predicted octanol–water partition coefficient (Wildman–Crippen LogP) is 2.60. The Morgan fingerprint density at radius 3 is 2.75 bits per heavy atom. The van der Waals surface area contributed by atoms with Crippen LogP contribution in [0, 0.1) is 0 Å². The first-order chi connectivity index (χ1) is 9.65. The Labute approximate surface area is 127 Å². The average molecular weight is 299 g/mol. The summed E-state index contributed by atoms with van der Waals surface area (Å²) in [7, 11) is 1.99. The van der Waals surface area contributed by atoms with Crippen LogP contribution in [0.5, 0.6) is 0 Å². The van der Waals surface area contributed by atoms with Gasteiger partial charge in [-0.2, -0.15) is 5.10 Å². The monoisotopic (exact) mass is 298 g/mol. The normalized spacial score (nSPS) is 19.8. The predicted molar refractivity (Wildman–Crippen MR) is 84.2 cm³/mol. The Morgan fingerprint density at radius 1 is 1.40 bits per heavy atom. The topological polar surface area (TPSA) is 33.1 Å². The van der Waals surface area contributed by atoms with Crippen molar-refractivity contribution in [2.75, 3.05) is 19.6 Å². The molecule has 0 amide bonds. The highest BCUT2D eigenvalue weighted by atomic mass is 35.5. The van der Waals surface area contributed by atoms with Gasteiger partial charge in [0.15, 0.2) is 0 Å². The SMILES string of the molecule is CCc1nn(C)c(CN(CC)CC2CCCCN2)c1Cl. The molecule has 1 saturated heterocycles. The fourth-order valence-corrected chi connectivity index (χ4v) is 3.25. The quantitative estimate of drug-likeness (QED) is 0.876. The number of piperidine rings is 1. The minimum Gasteiger partial charge on any atom is -0.313 e. The van der Waals surface area contributed by atoms with E-state index < -0.39 is 0 Å². The van der Waals surface area contributed by atoms with E-state index >= 15 is 0 Å². The smallest absolute Gasteiger partial charge is 0.0863 e. The van der Waals surface area contributed by atoms with Gasteiger partial charge in [-0.05, 0) is 32.4 Å². The second-order valence-electron chi connectivity index (χ2n) is 5.66. The minimum atomic E-state index is 0.626. The number of hydrogen-bond donors (Lipinski definition) is 1. The highest BCUT2D eigenvalue weighted by molar-refractivity contribution is 6.31. The lowest BCUT2D eigenvalue weighted by atomic mass is 10.0. The van der Waals surface area contributed by atoms with Crippen molar-refractivity contribution in [3.05, 3.63) is 16.4 Å². The zero-order valence-corrected chi connectivity index (χ0v) is 13.7. The molecule has 1 aromatic heterocycles. The van der Waals surface area contributed by atoms with Crippen molar-refractivity contribution in [3.63, 3.8) is 0 Å². The molecule has 0 aliphatic carbocycles. The number of aryl methyl sites for hydroxylation is 2. The molecule has 114 valence electrons. The molecule has 4 nitrogen and oxygen atoms in total. The minimum absolute atomic E-state index is 0.626. The Morgan fingerprint density at radius 2 is 2.20 bits per heavy atom. The molecule has 0 radical (unpaired) electrons. The summed E-state index contributed by atoms with van der Waals surface area (Å²) in [4.78, 5) is 2.46. The van der Waals surface area contributed by atoms with Crippen LogP contribution in [0.2, 0.25) is 5.02 Å². The van der Waals surface area contributed by atoms with Gasteiger partial charge in [-0.25, -0.2) is 0 Å². The summed E-state index contributed by atoms with van der Waals surface area (Å²) in [5.41, 5.74) is 2.15. The van der Waals surface area contributed by atoms with E-state index in [1.165, 1.54) is 19.3 Å². The Balaban J connectivity index is 2.00. The summed E-state index contributed by atoms with van der Waals surface area (Å²) in [6.45, 7) is 8.50. The van der Waals surface area contributed by atoms with Crippen LogP contribution in [-0.2, 0) is 20.0 Å². The van der Waals surface area contributed by atoms with E-state index in [-0.39, 0.29) is 0 Å². The first kappa shape index (κ1) is 15.8.